The minimum atomic E-state index is -4.06. The summed E-state index contributed by atoms with van der Waals surface area (Å²) in [6.07, 6.45) is 1.89. The summed E-state index contributed by atoms with van der Waals surface area (Å²) in [4.78, 5) is 8.57. The number of fused-ring (bicyclic) bond motifs is 1. The molecule has 0 spiro atoms. The van der Waals surface area contributed by atoms with E-state index in [-0.39, 0.29) is 30.3 Å². The molecule has 4 rings (SSSR count). The predicted octanol–water partition coefficient (Wildman–Crippen LogP) is 2.06. The van der Waals surface area contributed by atoms with Gasteiger partial charge in [0, 0.05) is 25.5 Å². The number of aliphatic hydroxyl groups is 1. The minimum Gasteiger partial charge on any atom is -0.474 e. The molecule has 0 amide bonds. The number of ether oxygens (including phenoxy) is 2. The molecule has 0 bridgehead atoms. The summed E-state index contributed by atoms with van der Waals surface area (Å²) < 4.78 is 38.5. The van der Waals surface area contributed by atoms with E-state index in [2.05, 4.69) is 51.5 Å². The fourth-order valence-electron chi connectivity index (χ4n) is 5.03. The van der Waals surface area contributed by atoms with Gasteiger partial charge in [0.15, 0.2) is 0 Å². The number of hydrogen-bond donors (Lipinski definition) is 3. The first-order valence-electron chi connectivity index (χ1n) is 11.3. The quantitative estimate of drug-likeness (QED) is 0.504. The van der Waals surface area contributed by atoms with Crippen molar-refractivity contribution in [3.05, 3.63) is 47.8 Å². The Morgan fingerprint density at radius 2 is 2.00 bits per heavy atom. The van der Waals surface area contributed by atoms with E-state index in [1.54, 1.807) is 13.2 Å². The highest BCUT2D eigenvalue weighted by Crippen LogP contribution is 2.44. The Kier molecular flexibility index (Phi) is 7.11. The zero-order valence-corrected chi connectivity index (χ0v) is 20.4. The number of nitrogens with one attached hydrogen (secondary N) is 1. The van der Waals surface area contributed by atoms with Crippen molar-refractivity contribution in [2.45, 2.75) is 62.9 Å². The predicted molar refractivity (Wildman–Crippen MR) is 125 cm³/mol. The molecule has 34 heavy (non-hydrogen) atoms. The summed E-state index contributed by atoms with van der Waals surface area (Å²) in [7, 11) is -2.34. The zero-order chi connectivity index (χ0) is 24.5. The molecule has 2 aromatic rings. The first-order chi connectivity index (χ1) is 16.1. The number of methoxy groups -OCH3 is 1. The van der Waals surface area contributed by atoms with Gasteiger partial charge in [0.1, 0.15) is 18.2 Å². The second-order valence-electron chi connectivity index (χ2n) is 9.63. The molecule has 0 saturated heterocycles. The lowest BCUT2D eigenvalue weighted by Gasteiger charge is -2.42. The molecule has 186 valence electrons. The highest BCUT2D eigenvalue weighted by atomic mass is 32.2. The summed E-state index contributed by atoms with van der Waals surface area (Å²) in [5.74, 6) is 0.563. The van der Waals surface area contributed by atoms with Crippen LogP contribution in [0.25, 0.3) is 0 Å². The Morgan fingerprint density at radius 1 is 1.24 bits per heavy atom. The monoisotopic (exact) mass is 492 g/mol. The third kappa shape index (κ3) is 5.66. The molecule has 1 fully saturated rings. The van der Waals surface area contributed by atoms with Crippen molar-refractivity contribution < 1.29 is 27.2 Å². The van der Waals surface area contributed by atoms with Crippen LogP contribution >= 0.6 is 0 Å². The Hall–Kier alpha value is -2.31. The molecular formula is C23H32N4O6S. The normalized spacial score (nSPS) is 28.3. The van der Waals surface area contributed by atoms with Crippen LogP contribution in [-0.2, 0) is 24.6 Å². The molecule has 0 radical (unpaired) electrons. The van der Waals surface area contributed by atoms with Crippen molar-refractivity contribution in [1.29, 1.82) is 0 Å². The second kappa shape index (κ2) is 9.74. The van der Waals surface area contributed by atoms with Crippen LogP contribution in [0.1, 0.15) is 50.3 Å². The number of aromatic nitrogens is 2. The van der Waals surface area contributed by atoms with Gasteiger partial charge in [-0.05, 0) is 29.4 Å². The van der Waals surface area contributed by atoms with Gasteiger partial charge in [-0.2, -0.15) is 8.42 Å². The van der Waals surface area contributed by atoms with Gasteiger partial charge in [-0.1, -0.05) is 38.1 Å². The standard InChI is InChI=1S/C23H32N4O6S/c1-23(2)11-19(31-3)22(16-6-4-5-7-17(16)23)27-20-10-21(26-13-25-20)33-15-8-14(18(28)9-15)12-32-34(24,29)30/h4-7,10,13-15,18-19,22,28H,8-9,11-12H2,1-3H3,(H2,24,29,30)(H,25,26,27)/t14-,15+,18-,19+,22-/m0/s1. The maximum Gasteiger partial charge on any atom is 0.333 e. The molecule has 1 aromatic carbocycles. The summed E-state index contributed by atoms with van der Waals surface area (Å²) in [6.45, 7) is 4.26. The lowest BCUT2D eigenvalue weighted by atomic mass is 9.69. The fourth-order valence-corrected chi connectivity index (χ4v) is 5.39. The maximum absolute atomic E-state index is 11.0. The van der Waals surface area contributed by atoms with Gasteiger partial charge < -0.3 is 19.9 Å². The zero-order valence-electron chi connectivity index (χ0n) is 19.5. The fraction of sp³-hybridized carbons (Fsp3) is 0.565. The maximum atomic E-state index is 11.0. The minimum absolute atomic E-state index is 0.0117. The van der Waals surface area contributed by atoms with E-state index in [1.165, 1.54) is 17.5 Å². The molecule has 10 nitrogen and oxygen atoms in total. The lowest BCUT2D eigenvalue weighted by molar-refractivity contribution is 0.0532. The van der Waals surface area contributed by atoms with Gasteiger partial charge in [0.25, 0.3) is 0 Å². The number of anilines is 1. The third-order valence-electron chi connectivity index (χ3n) is 6.70. The van der Waals surface area contributed by atoms with Crippen molar-refractivity contribution in [2.24, 2.45) is 11.1 Å². The summed E-state index contributed by atoms with van der Waals surface area (Å²) in [6, 6.07) is 9.98. The summed E-state index contributed by atoms with van der Waals surface area (Å²) in [5.41, 5.74) is 2.43. The van der Waals surface area contributed by atoms with E-state index in [4.69, 9.17) is 14.6 Å². The largest absolute Gasteiger partial charge is 0.474 e. The SMILES string of the molecule is CO[C@@H]1CC(C)(C)c2ccccc2[C@@H]1Nc1cc(O[C@@H]2C[C@@H](COS(N)(=O)=O)[C@@H](O)C2)ncn1. The Morgan fingerprint density at radius 3 is 2.74 bits per heavy atom. The van der Waals surface area contributed by atoms with E-state index in [9.17, 15) is 13.5 Å². The highest BCUT2D eigenvalue weighted by Gasteiger charge is 2.40. The number of benzene rings is 1. The Labute approximate surface area is 200 Å². The van der Waals surface area contributed by atoms with Crippen LogP contribution in [0.2, 0.25) is 0 Å². The topological polar surface area (TPSA) is 146 Å². The number of rotatable bonds is 8. The third-order valence-corrected chi connectivity index (χ3v) is 7.17. The van der Waals surface area contributed by atoms with Crippen LogP contribution in [0.15, 0.2) is 36.7 Å². The molecule has 4 N–H and O–H groups in total. The first kappa shape index (κ1) is 24.8. The molecule has 5 atom stereocenters. The molecule has 1 saturated carbocycles. The Bertz CT molecular complexity index is 1110. The molecule has 2 aliphatic carbocycles. The van der Waals surface area contributed by atoms with Crippen LogP contribution in [0.5, 0.6) is 5.88 Å². The van der Waals surface area contributed by atoms with Crippen LogP contribution in [0, 0.1) is 5.92 Å². The lowest BCUT2D eigenvalue weighted by Crippen LogP contribution is -2.40. The molecule has 11 heteroatoms. The summed E-state index contributed by atoms with van der Waals surface area (Å²) >= 11 is 0. The van der Waals surface area contributed by atoms with Gasteiger partial charge in [0.2, 0.25) is 5.88 Å². The smallest absolute Gasteiger partial charge is 0.333 e. The molecular weight excluding hydrogens is 460 g/mol. The first-order valence-corrected chi connectivity index (χ1v) is 12.8. The molecule has 1 aromatic heterocycles. The van der Waals surface area contributed by atoms with Gasteiger partial charge in [-0.25, -0.2) is 15.1 Å². The van der Waals surface area contributed by atoms with Crippen LogP contribution in [-0.4, -0.2) is 55.5 Å². The van der Waals surface area contributed by atoms with Crippen molar-refractivity contribution in [2.75, 3.05) is 19.0 Å². The van der Waals surface area contributed by atoms with E-state index < -0.39 is 22.3 Å². The molecule has 0 aliphatic heterocycles. The van der Waals surface area contributed by atoms with E-state index >= 15 is 0 Å². The van der Waals surface area contributed by atoms with Crippen molar-refractivity contribution >= 4 is 16.1 Å². The molecule has 0 unspecified atom stereocenters. The number of nitrogens with two attached hydrogens (primary N) is 1. The van der Waals surface area contributed by atoms with Crippen LogP contribution in [0.4, 0.5) is 5.82 Å². The molecule has 1 heterocycles. The van der Waals surface area contributed by atoms with Crippen molar-refractivity contribution in [3.63, 3.8) is 0 Å². The number of aliphatic hydroxyl groups excluding tert-OH is 1. The van der Waals surface area contributed by atoms with Gasteiger partial charge in [-0.15, -0.1) is 0 Å². The van der Waals surface area contributed by atoms with E-state index in [0.29, 0.717) is 24.5 Å². The second-order valence-corrected chi connectivity index (χ2v) is 10.9. The van der Waals surface area contributed by atoms with Crippen LogP contribution < -0.4 is 15.2 Å². The van der Waals surface area contributed by atoms with Gasteiger partial charge in [0.05, 0.1) is 24.9 Å². The average molecular weight is 493 g/mol. The number of hydrogen-bond acceptors (Lipinski definition) is 9. The number of nitrogens with zero attached hydrogens (tertiary/aromatic N) is 2. The summed E-state index contributed by atoms with van der Waals surface area (Å²) in [5, 5.41) is 18.6. The van der Waals surface area contributed by atoms with E-state index in [0.717, 1.165) is 6.42 Å². The molecule has 2 aliphatic rings. The van der Waals surface area contributed by atoms with Crippen LogP contribution in [0.3, 0.4) is 0 Å². The van der Waals surface area contributed by atoms with Crippen molar-refractivity contribution in [3.8, 4) is 5.88 Å². The van der Waals surface area contributed by atoms with Gasteiger partial charge in [-0.3, -0.25) is 4.18 Å². The van der Waals surface area contributed by atoms with Gasteiger partial charge >= 0.3 is 10.3 Å². The highest BCUT2D eigenvalue weighted by molar-refractivity contribution is 7.84. The Balaban J connectivity index is 1.46. The average Bonchev–Trinajstić information content (AvgIpc) is 3.13. The van der Waals surface area contributed by atoms with E-state index in [1.807, 2.05) is 6.07 Å². The van der Waals surface area contributed by atoms with Crippen molar-refractivity contribution in [1.82, 2.24) is 9.97 Å².